The van der Waals surface area contributed by atoms with Gasteiger partial charge in [-0.15, -0.1) is 0 Å². The smallest absolute Gasteiger partial charge is 0.0992 e. The summed E-state index contributed by atoms with van der Waals surface area (Å²) in [6.45, 7) is 4.04. The molecule has 1 aromatic carbocycles. The van der Waals surface area contributed by atoms with E-state index in [9.17, 15) is 0 Å². The lowest BCUT2D eigenvalue weighted by Crippen LogP contribution is -1.98. The number of para-hydroxylation sites is 1. The van der Waals surface area contributed by atoms with Crippen molar-refractivity contribution in [3.8, 4) is 11.8 Å². The zero-order chi connectivity index (χ0) is 16.2. The van der Waals surface area contributed by atoms with Crippen molar-refractivity contribution in [2.75, 3.05) is 0 Å². The van der Waals surface area contributed by atoms with Crippen LogP contribution in [0.2, 0.25) is 0 Å². The van der Waals surface area contributed by atoms with E-state index < -0.39 is 0 Å². The van der Waals surface area contributed by atoms with E-state index >= 15 is 0 Å². The van der Waals surface area contributed by atoms with Gasteiger partial charge in [0, 0.05) is 17.5 Å². The van der Waals surface area contributed by atoms with Crippen molar-refractivity contribution in [2.24, 2.45) is 0 Å². The van der Waals surface area contributed by atoms with Crippen molar-refractivity contribution in [3.05, 3.63) is 76.9 Å². The van der Waals surface area contributed by atoms with Crippen LogP contribution < -0.4 is 0 Å². The number of aromatic nitrogens is 3. The maximum Gasteiger partial charge on any atom is 0.0992 e. The molecule has 0 amide bonds. The lowest BCUT2D eigenvalue weighted by atomic mass is 10.1. The van der Waals surface area contributed by atoms with Crippen LogP contribution in [0.25, 0.3) is 17.8 Å². The number of nitrogens with zero attached hydrogens (tertiary/aromatic N) is 4. The van der Waals surface area contributed by atoms with Gasteiger partial charge >= 0.3 is 0 Å². The minimum absolute atomic E-state index is 0.605. The molecule has 0 fully saturated rings. The highest BCUT2D eigenvalue weighted by Crippen LogP contribution is 2.20. The van der Waals surface area contributed by atoms with Crippen molar-refractivity contribution in [2.45, 2.75) is 13.8 Å². The summed E-state index contributed by atoms with van der Waals surface area (Å²) in [7, 11) is 0. The Morgan fingerprint density at radius 2 is 1.87 bits per heavy atom. The van der Waals surface area contributed by atoms with Crippen molar-refractivity contribution in [1.29, 1.82) is 5.26 Å². The third kappa shape index (κ3) is 3.04. The highest BCUT2D eigenvalue weighted by atomic mass is 15.3. The standard InChI is InChI=1S/C19H16N4/c1-14-19(9-8-17-12-16(13-20)10-11-21-17)15(2)23(22-14)18-6-4-3-5-7-18/h3-12H,1-2H3. The van der Waals surface area contributed by atoms with E-state index in [4.69, 9.17) is 5.26 Å². The molecule has 0 unspecified atom stereocenters. The number of benzene rings is 1. The third-order valence-corrected chi connectivity index (χ3v) is 3.68. The first-order chi connectivity index (χ1) is 11.2. The van der Waals surface area contributed by atoms with Gasteiger partial charge in [-0.1, -0.05) is 18.2 Å². The maximum atomic E-state index is 8.95. The second-order valence-corrected chi connectivity index (χ2v) is 5.25. The first-order valence-electron chi connectivity index (χ1n) is 7.35. The van der Waals surface area contributed by atoms with Gasteiger partial charge in [-0.25, -0.2) is 4.68 Å². The van der Waals surface area contributed by atoms with Crippen LogP contribution in [-0.4, -0.2) is 14.8 Å². The summed E-state index contributed by atoms with van der Waals surface area (Å²) >= 11 is 0. The fourth-order valence-electron chi connectivity index (χ4n) is 2.49. The number of hydrogen-bond donors (Lipinski definition) is 0. The Morgan fingerprint density at radius 3 is 2.61 bits per heavy atom. The van der Waals surface area contributed by atoms with E-state index in [1.165, 1.54) is 0 Å². The van der Waals surface area contributed by atoms with Crippen LogP contribution in [0, 0.1) is 25.2 Å². The Morgan fingerprint density at radius 1 is 1.09 bits per heavy atom. The van der Waals surface area contributed by atoms with Gasteiger partial charge < -0.3 is 0 Å². The molecule has 0 aliphatic carbocycles. The van der Waals surface area contributed by atoms with Crippen LogP contribution >= 0.6 is 0 Å². The molecule has 2 heterocycles. The molecule has 2 aromatic heterocycles. The summed E-state index contributed by atoms with van der Waals surface area (Å²) < 4.78 is 1.94. The molecule has 3 rings (SSSR count). The Hall–Kier alpha value is -3.19. The molecule has 0 aliphatic rings. The van der Waals surface area contributed by atoms with Gasteiger partial charge in [0.25, 0.3) is 0 Å². The second-order valence-electron chi connectivity index (χ2n) is 5.25. The Bertz CT molecular complexity index is 899. The zero-order valence-corrected chi connectivity index (χ0v) is 13.1. The monoisotopic (exact) mass is 300 g/mol. The molecule has 0 bridgehead atoms. The molecule has 0 saturated heterocycles. The van der Waals surface area contributed by atoms with Gasteiger partial charge in [0.1, 0.15) is 0 Å². The Labute approximate surface area is 135 Å². The number of pyridine rings is 1. The fourth-order valence-corrected chi connectivity index (χ4v) is 2.49. The summed E-state index contributed by atoms with van der Waals surface area (Å²) in [5, 5.41) is 13.6. The molecular weight excluding hydrogens is 284 g/mol. The minimum Gasteiger partial charge on any atom is -0.257 e. The first-order valence-corrected chi connectivity index (χ1v) is 7.35. The van der Waals surface area contributed by atoms with E-state index in [-0.39, 0.29) is 0 Å². The predicted octanol–water partition coefficient (Wildman–Crippen LogP) is 3.93. The highest BCUT2D eigenvalue weighted by Gasteiger charge is 2.10. The summed E-state index contributed by atoms with van der Waals surface area (Å²) in [5.41, 5.74) is 5.50. The van der Waals surface area contributed by atoms with Crippen molar-refractivity contribution in [3.63, 3.8) is 0 Å². The topological polar surface area (TPSA) is 54.5 Å². The van der Waals surface area contributed by atoms with E-state index in [1.54, 1.807) is 18.3 Å². The van der Waals surface area contributed by atoms with Crippen LogP contribution in [0.5, 0.6) is 0 Å². The van der Waals surface area contributed by atoms with Gasteiger partial charge in [0.05, 0.1) is 28.7 Å². The molecule has 0 atom stereocenters. The fraction of sp³-hybridized carbons (Fsp3) is 0.105. The molecule has 0 saturated carbocycles. The highest BCUT2D eigenvalue weighted by molar-refractivity contribution is 5.71. The largest absolute Gasteiger partial charge is 0.257 e. The van der Waals surface area contributed by atoms with E-state index in [0.29, 0.717) is 5.56 Å². The molecule has 4 heteroatoms. The number of hydrogen-bond acceptors (Lipinski definition) is 3. The van der Waals surface area contributed by atoms with E-state index in [2.05, 4.69) is 16.2 Å². The van der Waals surface area contributed by atoms with Crippen molar-refractivity contribution in [1.82, 2.24) is 14.8 Å². The number of nitriles is 1. The SMILES string of the molecule is Cc1nn(-c2ccccc2)c(C)c1C=Cc1cc(C#N)ccn1. The van der Waals surface area contributed by atoms with Crippen LogP contribution in [0.4, 0.5) is 0 Å². The van der Waals surface area contributed by atoms with Gasteiger partial charge in [0.15, 0.2) is 0 Å². The Kier molecular flexibility index (Phi) is 4.03. The van der Waals surface area contributed by atoms with E-state index in [0.717, 1.165) is 28.3 Å². The average Bonchev–Trinajstić information content (AvgIpc) is 2.88. The molecule has 23 heavy (non-hydrogen) atoms. The predicted molar refractivity (Wildman–Crippen MR) is 90.9 cm³/mol. The van der Waals surface area contributed by atoms with Crippen LogP contribution in [0.15, 0.2) is 48.7 Å². The minimum atomic E-state index is 0.605. The van der Waals surface area contributed by atoms with Crippen molar-refractivity contribution >= 4 is 12.2 Å². The van der Waals surface area contributed by atoms with Crippen LogP contribution in [-0.2, 0) is 0 Å². The zero-order valence-electron chi connectivity index (χ0n) is 13.1. The number of rotatable bonds is 3. The van der Waals surface area contributed by atoms with Gasteiger partial charge in [0.2, 0.25) is 0 Å². The molecule has 4 nitrogen and oxygen atoms in total. The maximum absolute atomic E-state index is 8.95. The molecule has 0 N–H and O–H groups in total. The molecule has 0 aliphatic heterocycles. The molecule has 0 spiro atoms. The number of aryl methyl sites for hydroxylation is 1. The quantitative estimate of drug-likeness (QED) is 0.736. The molecule has 3 aromatic rings. The van der Waals surface area contributed by atoms with Crippen LogP contribution in [0.3, 0.4) is 0 Å². The lowest BCUT2D eigenvalue weighted by Gasteiger charge is -2.03. The summed E-state index contributed by atoms with van der Waals surface area (Å²) in [6, 6.07) is 15.6. The molecule has 112 valence electrons. The van der Waals surface area contributed by atoms with Crippen molar-refractivity contribution < 1.29 is 0 Å². The lowest BCUT2D eigenvalue weighted by molar-refractivity contribution is 0.833. The van der Waals surface area contributed by atoms with Gasteiger partial charge in [-0.05, 0) is 50.3 Å². The molecular formula is C19H16N4. The second kappa shape index (κ2) is 6.29. The summed E-state index contributed by atoms with van der Waals surface area (Å²) in [5.74, 6) is 0. The third-order valence-electron chi connectivity index (χ3n) is 3.68. The summed E-state index contributed by atoms with van der Waals surface area (Å²) in [6.07, 6.45) is 5.55. The normalized spacial score (nSPS) is 10.8. The first kappa shape index (κ1) is 14.7. The summed E-state index contributed by atoms with van der Waals surface area (Å²) in [4.78, 5) is 4.26. The Balaban J connectivity index is 1.96. The van der Waals surface area contributed by atoms with Gasteiger partial charge in [-0.3, -0.25) is 4.98 Å². The molecule has 0 radical (unpaired) electrons. The van der Waals surface area contributed by atoms with E-state index in [1.807, 2.05) is 61.0 Å². The van der Waals surface area contributed by atoms with Crippen LogP contribution in [0.1, 0.15) is 28.2 Å². The van der Waals surface area contributed by atoms with Gasteiger partial charge in [-0.2, -0.15) is 10.4 Å². The average molecular weight is 300 g/mol.